The Morgan fingerprint density at radius 3 is 2.47 bits per heavy atom. The predicted molar refractivity (Wildman–Crippen MR) is 139 cm³/mol. The van der Waals surface area contributed by atoms with E-state index in [4.69, 9.17) is 9.47 Å². The van der Waals surface area contributed by atoms with Crippen molar-refractivity contribution in [3.05, 3.63) is 82.9 Å². The summed E-state index contributed by atoms with van der Waals surface area (Å²) in [6, 6.07) is 14.7. The summed E-state index contributed by atoms with van der Waals surface area (Å²) < 4.78 is 41.4. The van der Waals surface area contributed by atoms with Gasteiger partial charge in [-0.05, 0) is 89.6 Å². The molecule has 2 aliphatic rings. The summed E-state index contributed by atoms with van der Waals surface area (Å²) in [7, 11) is 1.51. The zero-order valence-electron chi connectivity index (χ0n) is 21.5. The number of aliphatic hydroxyl groups excluding tert-OH is 1. The van der Waals surface area contributed by atoms with Gasteiger partial charge in [0, 0.05) is 11.5 Å². The summed E-state index contributed by atoms with van der Waals surface area (Å²) in [5.41, 5.74) is 2.27. The van der Waals surface area contributed by atoms with Crippen LogP contribution in [-0.2, 0) is 11.4 Å². The number of ether oxygens (including phenoxy) is 2. The van der Waals surface area contributed by atoms with Crippen LogP contribution in [0.4, 0.5) is 8.78 Å². The highest BCUT2D eigenvalue weighted by atomic mass is 19.1. The molecule has 0 unspecified atom stereocenters. The Hall–Kier alpha value is -3.45. The first-order chi connectivity index (χ1) is 18.2. The van der Waals surface area contributed by atoms with Crippen LogP contribution in [0.5, 0.6) is 11.5 Å². The van der Waals surface area contributed by atoms with E-state index in [1.165, 1.54) is 19.2 Å². The van der Waals surface area contributed by atoms with Gasteiger partial charge in [-0.15, -0.1) is 0 Å². The molecule has 2 aliphatic carbocycles. The molecule has 3 aromatic carbocycles. The van der Waals surface area contributed by atoms with Gasteiger partial charge in [0.15, 0.2) is 11.6 Å². The van der Waals surface area contributed by atoms with Crippen LogP contribution in [0.2, 0.25) is 0 Å². The van der Waals surface area contributed by atoms with E-state index in [-0.39, 0.29) is 36.0 Å². The van der Waals surface area contributed by atoms with Crippen molar-refractivity contribution in [2.45, 2.75) is 57.7 Å². The molecule has 7 heteroatoms. The van der Waals surface area contributed by atoms with E-state index in [0.29, 0.717) is 33.6 Å². The number of carboxylic acids is 1. The second kappa shape index (κ2) is 10.4. The number of hydrogen-bond donors (Lipinski definition) is 2. The van der Waals surface area contributed by atoms with Crippen molar-refractivity contribution in [1.29, 1.82) is 0 Å². The Morgan fingerprint density at radius 1 is 1.05 bits per heavy atom. The Labute approximate surface area is 221 Å². The Balaban J connectivity index is 1.43. The van der Waals surface area contributed by atoms with Crippen LogP contribution in [0.1, 0.15) is 67.7 Å². The maximum atomic E-state index is 15.4. The number of hydrogen-bond acceptors (Lipinski definition) is 4. The van der Waals surface area contributed by atoms with Gasteiger partial charge < -0.3 is 19.7 Å². The van der Waals surface area contributed by atoms with Crippen molar-refractivity contribution >= 4 is 5.97 Å². The minimum atomic E-state index is -0.948. The van der Waals surface area contributed by atoms with Crippen LogP contribution in [0, 0.1) is 23.0 Å². The van der Waals surface area contributed by atoms with E-state index in [0.717, 1.165) is 25.7 Å². The van der Waals surface area contributed by atoms with Gasteiger partial charge in [0.2, 0.25) is 0 Å². The second-order valence-electron chi connectivity index (χ2n) is 10.8. The monoisotopic (exact) mass is 522 g/mol. The van der Waals surface area contributed by atoms with Gasteiger partial charge in [-0.2, -0.15) is 0 Å². The first kappa shape index (κ1) is 26.2. The van der Waals surface area contributed by atoms with Crippen LogP contribution >= 0.6 is 0 Å². The van der Waals surface area contributed by atoms with E-state index in [1.54, 1.807) is 42.5 Å². The molecule has 0 heterocycles. The van der Waals surface area contributed by atoms with Crippen LogP contribution in [0.3, 0.4) is 0 Å². The van der Waals surface area contributed by atoms with Crippen molar-refractivity contribution in [3.8, 4) is 22.6 Å². The van der Waals surface area contributed by atoms with Gasteiger partial charge >= 0.3 is 5.97 Å². The summed E-state index contributed by atoms with van der Waals surface area (Å²) >= 11 is 0. The Morgan fingerprint density at radius 2 is 1.82 bits per heavy atom. The zero-order valence-corrected chi connectivity index (χ0v) is 21.5. The number of methoxy groups -OCH3 is 1. The molecule has 200 valence electrons. The molecule has 2 N–H and O–H groups in total. The number of carbonyl (C=O) groups is 1. The molecule has 0 spiro atoms. The fourth-order valence-electron chi connectivity index (χ4n) is 5.16. The number of aliphatic hydroxyl groups is 1. The molecule has 2 fully saturated rings. The Bertz CT molecular complexity index is 1350. The van der Waals surface area contributed by atoms with Crippen LogP contribution in [0.15, 0.2) is 54.6 Å². The highest BCUT2D eigenvalue weighted by molar-refractivity contribution is 5.71. The normalized spacial score (nSPS) is 17.5. The smallest absolute Gasteiger partial charge is 0.303 e. The highest BCUT2D eigenvalue weighted by Crippen LogP contribution is 2.56. The summed E-state index contributed by atoms with van der Waals surface area (Å²) in [6.07, 6.45) is 2.60. The molecule has 0 aromatic heterocycles. The molecule has 0 bridgehead atoms. The summed E-state index contributed by atoms with van der Waals surface area (Å²) in [5, 5.41) is 20.6. The van der Waals surface area contributed by atoms with Crippen LogP contribution < -0.4 is 9.47 Å². The first-order valence-electron chi connectivity index (χ1n) is 13.0. The van der Waals surface area contributed by atoms with Crippen molar-refractivity contribution in [2.75, 3.05) is 7.11 Å². The standard InChI is InChI=1S/C31H32F2O5/c1-31(12-13-31)30(36)25-14-18(6-10-21(25)24-15-20(37-2)9-11-26(24)32)17-38-27-5-3-4-22(29(27)33)23(16-28(34)35)19-7-8-19/h3-6,9-11,14-15,19,23,30,36H,7-8,12-13,16-17H2,1-2H3,(H,34,35)/t23-,30+/m0/s1. The number of rotatable bonds is 11. The average Bonchev–Trinajstić information content (AvgIpc) is 3.84. The van der Waals surface area contributed by atoms with Gasteiger partial charge in [0.1, 0.15) is 18.2 Å². The van der Waals surface area contributed by atoms with Crippen LogP contribution in [-0.4, -0.2) is 23.3 Å². The summed E-state index contributed by atoms with van der Waals surface area (Å²) in [4.78, 5) is 11.4. The summed E-state index contributed by atoms with van der Waals surface area (Å²) in [6.45, 7) is 2.03. The first-order valence-corrected chi connectivity index (χ1v) is 13.0. The van der Waals surface area contributed by atoms with Gasteiger partial charge in [0.25, 0.3) is 0 Å². The molecule has 0 radical (unpaired) electrons. The SMILES string of the molecule is COc1ccc(F)c(-c2ccc(COc3cccc([C@@H](CC(=O)O)C4CC4)c3F)cc2[C@@H](O)C2(C)CC2)c1. The molecule has 0 amide bonds. The van der Waals surface area contributed by atoms with E-state index in [9.17, 15) is 19.4 Å². The molecule has 5 nitrogen and oxygen atoms in total. The predicted octanol–water partition coefficient (Wildman–Crippen LogP) is 7.02. The van der Waals surface area contributed by atoms with E-state index in [1.807, 2.05) is 6.92 Å². The minimum Gasteiger partial charge on any atom is -0.497 e. The van der Waals surface area contributed by atoms with E-state index < -0.39 is 23.7 Å². The third kappa shape index (κ3) is 5.39. The minimum absolute atomic E-state index is 0.0324. The number of benzene rings is 3. The van der Waals surface area contributed by atoms with Crippen molar-refractivity contribution in [3.63, 3.8) is 0 Å². The number of halogens is 2. The Kier molecular flexibility index (Phi) is 7.14. The lowest BCUT2D eigenvalue weighted by Crippen LogP contribution is -2.12. The molecule has 0 saturated heterocycles. The number of carboxylic acid groups (broad SMARTS) is 1. The molecular weight excluding hydrogens is 490 g/mol. The topological polar surface area (TPSA) is 76.0 Å². The quantitative estimate of drug-likeness (QED) is 0.283. The fraction of sp³-hybridized carbons (Fsp3) is 0.387. The fourth-order valence-corrected chi connectivity index (χ4v) is 5.16. The third-order valence-corrected chi connectivity index (χ3v) is 7.95. The molecule has 3 aromatic rings. The maximum Gasteiger partial charge on any atom is 0.303 e. The lowest BCUT2D eigenvalue weighted by molar-refractivity contribution is -0.137. The van der Waals surface area contributed by atoms with E-state index in [2.05, 4.69) is 0 Å². The number of aliphatic carboxylic acids is 1. The van der Waals surface area contributed by atoms with Crippen molar-refractivity contribution < 1.29 is 33.3 Å². The lowest BCUT2D eigenvalue weighted by Gasteiger charge is -2.23. The summed E-state index contributed by atoms with van der Waals surface area (Å²) in [5.74, 6) is -1.55. The third-order valence-electron chi connectivity index (χ3n) is 7.95. The molecule has 38 heavy (non-hydrogen) atoms. The second-order valence-corrected chi connectivity index (χ2v) is 10.8. The van der Waals surface area contributed by atoms with Crippen molar-refractivity contribution in [2.24, 2.45) is 11.3 Å². The van der Waals surface area contributed by atoms with Gasteiger partial charge in [-0.1, -0.05) is 31.2 Å². The zero-order chi connectivity index (χ0) is 27.0. The molecule has 2 saturated carbocycles. The van der Waals surface area contributed by atoms with Gasteiger partial charge in [-0.25, -0.2) is 8.78 Å². The average molecular weight is 523 g/mol. The molecule has 0 aliphatic heterocycles. The lowest BCUT2D eigenvalue weighted by atomic mass is 9.87. The van der Waals surface area contributed by atoms with Gasteiger partial charge in [-0.3, -0.25) is 4.79 Å². The largest absolute Gasteiger partial charge is 0.497 e. The van der Waals surface area contributed by atoms with E-state index >= 15 is 4.39 Å². The highest BCUT2D eigenvalue weighted by Gasteiger charge is 2.45. The molecular formula is C31H32F2O5. The van der Waals surface area contributed by atoms with Crippen molar-refractivity contribution in [1.82, 2.24) is 0 Å². The molecule has 5 rings (SSSR count). The van der Waals surface area contributed by atoms with Crippen LogP contribution in [0.25, 0.3) is 11.1 Å². The molecule has 2 atom stereocenters. The maximum absolute atomic E-state index is 15.4. The van der Waals surface area contributed by atoms with Gasteiger partial charge in [0.05, 0.1) is 19.6 Å².